The molecule has 0 bridgehead atoms. The fraction of sp³-hybridized carbons (Fsp3) is 0.167. The SMILES string of the molecule is O=C(NCCC=Cc1ccc(Cl)cc1F)OCc1ccccc1. The molecule has 0 heterocycles. The van der Waals surface area contributed by atoms with Gasteiger partial charge in [0.05, 0.1) is 0 Å². The summed E-state index contributed by atoms with van der Waals surface area (Å²) >= 11 is 5.68. The van der Waals surface area contributed by atoms with Gasteiger partial charge in [-0.2, -0.15) is 0 Å². The molecule has 0 aliphatic carbocycles. The van der Waals surface area contributed by atoms with E-state index in [1.54, 1.807) is 24.3 Å². The van der Waals surface area contributed by atoms with E-state index in [2.05, 4.69) is 5.32 Å². The highest BCUT2D eigenvalue weighted by Crippen LogP contribution is 2.15. The number of carbonyl (C=O) groups excluding carboxylic acids is 1. The Labute approximate surface area is 139 Å². The lowest BCUT2D eigenvalue weighted by Gasteiger charge is -2.05. The fourth-order valence-corrected chi connectivity index (χ4v) is 2.04. The van der Waals surface area contributed by atoms with Crippen molar-refractivity contribution in [3.05, 3.63) is 76.6 Å². The zero-order valence-corrected chi connectivity index (χ0v) is 13.2. The second-order valence-electron chi connectivity index (χ2n) is 4.85. The van der Waals surface area contributed by atoms with E-state index >= 15 is 0 Å². The Morgan fingerprint density at radius 1 is 1.22 bits per heavy atom. The molecule has 0 saturated carbocycles. The van der Waals surface area contributed by atoms with Crippen LogP contribution in [0.15, 0.2) is 54.6 Å². The maximum absolute atomic E-state index is 13.5. The smallest absolute Gasteiger partial charge is 0.407 e. The third-order valence-electron chi connectivity index (χ3n) is 3.05. The maximum Gasteiger partial charge on any atom is 0.407 e. The van der Waals surface area contributed by atoms with Crippen LogP contribution in [0.4, 0.5) is 9.18 Å². The third-order valence-corrected chi connectivity index (χ3v) is 3.29. The van der Waals surface area contributed by atoms with E-state index in [4.69, 9.17) is 16.3 Å². The Bertz CT molecular complexity index is 674. The molecule has 0 aliphatic heterocycles. The number of nitrogens with one attached hydrogen (secondary N) is 1. The molecule has 5 heteroatoms. The lowest BCUT2D eigenvalue weighted by Crippen LogP contribution is -2.24. The minimum atomic E-state index is -0.472. The number of hydrogen-bond donors (Lipinski definition) is 1. The van der Waals surface area contributed by atoms with Gasteiger partial charge in [0.2, 0.25) is 0 Å². The summed E-state index contributed by atoms with van der Waals surface area (Å²) in [6.07, 6.45) is 3.54. The summed E-state index contributed by atoms with van der Waals surface area (Å²) < 4.78 is 18.6. The molecule has 0 aromatic heterocycles. The number of ether oxygens (including phenoxy) is 1. The first-order valence-electron chi connectivity index (χ1n) is 7.21. The molecule has 0 aliphatic rings. The molecule has 1 N–H and O–H groups in total. The van der Waals surface area contributed by atoms with E-state index in [0.717, 1.165) is 5.56 Å². The fourth-order valence-electron chi connectivity index (χ4n) is 1.88. The molecule has 0 unspecified atom stereocenters. The monoisotopic (exact) mass is 333 g/mol. The van der Waals surface area contributed by atoms with Crippen LogP contribution in [0.1, 0.15) is 17.5 Å². The number of benzene rings is 2. The second kappa shape index (κ2) is 8.96. The first kappa shape index (κ1) is 17.0. The predicted octanol–water partition coefficient (Wildman–Crippen LogP) is 4.81. The Hall–Kier alpha value is -2.33. The van der Waals surface area contributed by atoms with Crippen molar-refractivity contribution in [2.24, 2.45) is 0 Å². The lowest BCUT2D eigenvalue weighted by molar-refractivity contribution is 0.140. The largest absolute Gasteiger partial charge is 0.445 e. The van der Waals surface area contributed by atoms with Crippen molar-refractivity contribution in [2.75, 3.05) is 6.54 Å². The molecule has 0 atom stereocenters. The minimum Gasteiger partial charge on any atom is -0.445 e. The second-order valence-corrected chi connectivity index (χ2v) is 5.28. The van der Waals surface area contributed by atoms with Gasteiger partial charge >= 0.3 is 6.09 Å². The maximum atomic E-state index is 13.5. The highest BCUT2D eigenvalue weighted by Gasteiger charge is 2.01. The summed E-state index contributed by atoms with van der Waals surface area (Å²) in [7, 11) is 0. The van der Waals surface area contributed by atoms with Crippen LogP contribution < -0.4 is 5.32 Å². The summed E-state index contributed by atoms with van der Waals surface area (Å²) in [6, 6.07) is 13.9. The molecule has 0 spiro atoms. The highest BCUT2D eigenvalue weighted by molar-refractivity contribution is 6.30. The van der Waals surface area contributed by atoms with Gasteiger partial charge in [0.1, 0.15) is 12.4 Å². The highest BCUT2D eigenvalue weighted by atomic mass is 35.5. The molecule has 0 radical (unpaired) electrons. The topological polar surface area (TPSA) is 38.3 Å². The molecule has 3 nitrogen and oxygen atoms in total. The predicted molar refractivity (Wildman–Crippen MR) is 89.7 cm³/mol. The minimum absolute atomic E-state index is 0.235. The van der Waals surface area contributed by atoms with Gasteiger partial charge in [-0.05, 0) is 24.1 Å². The molecule has 2 aromatic carbocycles. The lowest BCUT2D eigenvalue weighted by atomic mass is 10.2. The zero-order valence-electron chi connectivity index (χ0n) is 12.5. The normalized spacial score (nSPS) is 10.7. The average Bonchev–Trinajstić information content (AvgIpc) is 2.55. The molecule has 1 amide bonds. The van der Waals surface area contributed by atoms with Gasteiger partial charge in [0.25, 0.3) is 0 Å². The van der Waals surface area contributed by atoms with Crippen LogP contribution in [0.2, 0.25) is 5.02 Å². The van der Waals surface area contributed by atoms with Gasteiger partial charge < -0.3 is 10.1 Å². The van der Waals surface area contributed by atoms with Crippen molar-refractivity contribution in [3.8, 4) is 0 Å². The van der Waals surface area contributed by atoms with E-state index in [9.17, 15) is 9.18 Å². The van der Waals surface area contributed by atoms with Crippen molar-refractivity contribution in [1.29, 1.82) is 0 Å². The van der Waals surface area contributed by atoms with E-state index in [0.29, 0.717) is 23.6 Å². The average molecular weight is 334 g/mol. The first-order valence-corrected chi connectivity index (χ1v) is 7.59. The molecule has 0 fully saturated rings. The number of alkyl carbamates (subject to hydrolysis) is 1. The number of amides is 1. The number of hydrogen-bond acceptors (Lipinski definition) is 2. The summed E-state index contributed by atoms with van der Waals surface area (Å²) in [4.78, 5) is 11.5. The van der Waals surface area contributed by atoms with E-state index in [1.807, 2.05) is 30.3 Å². The van der Waals surface area contributed by atoms with Gasteiger partial charge in [-0.3, -0.25) is 0 Å². The summed E-state index contributed by atoms with van der Waals surface area (Å²) in [5.41, 5.74) is 1.39. The number of halogens is 2. The van der Waals surface area contributed by atoms with Gasteiger partial charge in [-0.15, -0.1) is 0 Å². The van der Waals surface area contributed by atoms with Crippen LogP contribution in [-0.4, -0.2) is 12.6 Å². The van der Waals surface area contributed by atoms with Crippen molar-refractivity contribution >= 4 is 23.8 Å². The summed E-state index contributed by atoms with van der Waals surface area (Å²) in [5.74, 6) is -0.371. The van der Waals surface area contributed by atoms with Crippen LogP contribution in [-0.2, 0) is 11.3 Å². The van der Waals surface area contributed by atoms with Crippen LogP contribution in [0.25, 0.3) is 6.08 Å². The zero-order chi connectivity index (χ0) is 16.5. The standard InChI is InChI=1S/C18H17ClFNO2/c19-16-10-9-15(17(20)12-16)8-4-5-11-21-18(22)23-13-14-6-2-1-3-7-14/h1-4,6-10,12H,5,11,13H2,(H,21,22). The van der Waals surface area contributed by atoms with Crippen LogP contribution in [0.3, 0.4) is 0 Å². The Balaban J connectivity index is 1.66. The Morgan fingerprint density at radius 2 is 2.00 bits per heavy atom. The first-order chi connectivity index (χ1) is 11.1. The molecule has 0 saturated heterocycles. The van der Waals surface area contributed by atoms with Crippen LogP contribution >= 0.6 is 11.6 Å². The molecule has 2 aromatic rings. The van der Waals surface area contributed by atoms with Gasteiger partial charge in [0, 0.05) is 17.1 Å². The number of rotatable bonds is 6. The Kier molecular flexibility index (Phi) is 6.63. The van der Waals surface area contributed by atoms with Crippen LogP contribution in [0.5, 0.6) is 0 Å². The molecular weight excluding hydrogens is 317 g/mol. The summed E-state index contributed by atoms with van der Waals surface area (Å²) in [5, 5.41) is 3.00. The molecular formula is C18H17ClFNO2. The molecule has 120 valence electrons. The van der Waals surface area contributed by atoms with Crippen molar-refractivity contribution in [3.63, 3.8) is 0 Å². The van der Waals surface area contributed by atoms with Crippen molar-refractivity contribution in [1.82, 2.24) is 5.32 Å². The third kappa shape index (κ3) is 6.12. The van der Waals surface area contributed by atoms with E-state index in [1.165, 1.54) is 6.07 Å². The van der Waals surface area contributed by atoms with Gasteiger partial charge in [0.15, 0.2) is 0 Å². The quantitative estimate of drug-likeness (QED) is 0.770. The number of carbonyl (C=O) groups is 1. The molecule has 23 heavy (non-hydrogen) atoms. The molecule has 2 rings (SSSR count). The van der Waals surface area contributed by atoms with Crippen LogP contribution in [0, 0.1) is 5.82 Å². The Morgan fingerprint density at radius 3 is 2.74 bits per heavy atom. The van der Waals surface area contributed by atoms with Crippen molar-refractivity contribution < 1.29 is 13.9 Å². The summed E-state index contributed by atoms with van der Waals surface area (Å²) in [6.45, 7) is 0.651. The van der Waals surface area contributed by atoms with Crippen molar-refractivity contribution in [2.45, 2.75) is 13.0 Å². The van der Waals surface area contributed by atoms with E-state index in [-0.39, 0.29) is 12.4 Å². The van der Waals surface area contributed by atoms with Gasteiger partial charge in [-0.1, -0.05) is 60.2 Å². The van der Waals surface area contributed by atoms with E-state index < -0.39 is 6.09 Å². The van der Waals surface area contributed by atoms with Gasteiger partial charge in [-0.25, -0.2) is 9.18 Å².